The number of hydrogen-bond acceptors (Lipinski definition) is 4. The second kappa shape index (κ2) is 7.48. The van der Waals surface area contributed by atoms with E-state index in [4.69, 9.17) is 4.74 Å². The number of H-pyrrole nitrogens is 1. The van der Waals surface area contributed by atoms with Crippen LogP contribution in [0, 0.1) is 11.6 Å². The zero-order valence-electron chi connectivity index (χ0n) is 13.3. The van der Waals surface area contributed by atoms with Gasteiger partial charge in [0, 0.05) is 23.5 Å². The normalized spacial score (nSPS) is 18.9. The topological polar surface area (TPSA) is 59.9 Å². The standard InChI is InChI=1S/C16H19F2N3O2S/c1-2-14(12-6-5-10(17)8-13(12)18)24-16-20-19-15(22)21(16)9-11-4-3-7-23-11/h5-6,8,11,14H,2-4,7,9H2,1H3,(H,19,22)/t11-,14+/m1/s1. The van der Waals surface area contributed by atoms with Crippen molar-refractivity contribution in [3.05, 3.63) is 45.9 Å². The van der Waals surface area contributed by atoms with Crippen molar-refractivity contribution in [2.45, 2.75) is 49.2 Å². The third-order valence-corrected chi connectivity index (χ3v) is 5.46. The minimum absolute atomic E-state index is 0.00211. The molecule has 2 heterocycles. The maximum Gasteiger partial charge on any atom is 0.344 e. The number of benzene rings is 1. The zero-order valence-corrected chi connectivity index (χ0v) is 14.1. The SMILES string of the molecule is CC[C@H](Sc1n[nH]c(=O)n1C[C@H]1CCCO1)c1ccc(F)cc1F. The molecule has 0 spiro atoms. The largest absolute Gasteiger partial charge is 0.376 e. The number of halogens is 2. The minimum atomic E-state index is -0.605. The van der Waals surface area contributed by atoms with Crippen LogP contribution in [-0.4, -0.2) is 27.5 Å². The maximum atomic E-state index is 14.1. The van der Waals surface area contributed by atoms with Gasteiger partial charge in [0.25, 0.3) is 0 Å². The molecule has 1 aromatic heterocycles. The molecule has 0 radical (unpaired) electrons. The van der Waals surface area contributed by atoms with Gasteiger partial charge in [0.1, 0.15) is 11.6 Å². The van der Waals surface area contributed by atoms with Crippen LogP contribution in [0.1, 0.15) is 37.0 Å². The Kier molecular flexibility index (Phi) is 5.35. The monoisotopic (exact) mass is 355 g/mol. The lowest BCUT2D eigenvalue weighted by Crippen LogP contribution is -2.25. The molecule has 1 N–H and O–H groups in total. The van der Waals surface area contributed by atoms with E-state index in [1.165, 1.54) is 28.5 Å². The second-order valence-electron chi connectivity index (χ2n) is 5.74. The summed E-state index contributed by atoms with van der Waals surface area (Å²) in [5, 5.41) is 6.73. The Hall–Kier alpha value is -1.67. The van der Waals surface area contributed by atoms with E-state index in [-0.39, 0.29) is 17.0 Å². The molecule has 0 amide bonds. The number of nitrogens with zero attached hydrogens (tertiary/aromatic N) is 2. The van der Waals surface area contributed by atoms with Crippen molar-refractivity contribution >= 4 is 11.8 Å². The minimum Gasteiger partial charge on any atom is -0.376 e. The van der Waals surface area contributed by atoms with E-state index in [1.807, 2.05) is 6.92 Å². The average molecular weight is 355 g/mol. The Morgan fingerprint density at radius 2 is 2.33 bits per heavy atom. The first-order chi connectivity index (χ1) is 11.6. The summed E-state index contributed by atoms with van der Waals surface area (Å²) in [4.78, 5) is 12.0. The molecule has 5 nitrogen and oxygen atoms in total. The highest BCUT2D eigenvalue weighted by atomic mass is 32.2. The third kappa shape index (κ3) is 3.70. The summed E-state index contributed by atoms with van der Waals surface area (Å²) < 4.78 is 34.3. The van der Waals surface area contributed by atoms with E-state index in [1.54, 1.807) is 0 Å². The van der Waals surface area contributed by atoms with Gasteiger partial charge in [0.2, 0.25) is 0 Å². The van der Waals surface area contributed by atoms with Gasteiger partial charge in [0.15, 0.2) is 5.16 Å². The van der Waals surface area contributed by atoms with E-state index in [0.717, 1.165) is 18.9 Å². The molecule has 1 fully saturated rings. The van der Waals surface area contributed by atoms with E-state index in [9.17, 15) is 13.6 Å². The highest BCUT2D eigenvalue weighted by Crippen LogP contribution is 2.37. The van der Waals surface area contributed by atoms with Gasteiger partial charge >= 0.3 is 5.69 Å². The molecule has 0 saturated carbocycles. The predicted octanol–water partition coefficient (Wildman–Crippen LogP) is 3.27. The lowest BCUT2D eigenvalue weighted by molar-refractivity contribution is 0.0941. The third-order valence-electron chi connectivity index (χ3n) is 4.06. The molecule has 1 aliphatic heterocycles. The Balaban J connectivity index is 1.82. The van der Waals surface area contributed by atoms with Crippen LogP contribution in [0.5, 0.6) is 0 Å². The number of aromatic nitrogens is 3. The Morgan fingerprint density at radius 1 is 1.50 bits per heavy atom. The molecule has 24 heavy (non-hydrogen) atoms. The van der Waals surface area contributed by atoms with Crippen molar-refractivity contribution in [1.82, 2.24) is 14.8 Å². The van der Waals surface area contributed by atoms with Gasteiger partial charge in [0.05, 0.1) is 12.6 Å². The first-order valence-electron chi connectivity index (χ1n) is 7.97. The summed E-state index contributed by atoms with van der Waals surface area (Å²) >= 11 is 1.30. The zero-order chi connectivity index (χ0) is 17.1. The lowest BCUT2D eigenvalue weighted by Gasteiger charge is -2.16. The van der Waals surface area contributed by atoms with E-state index < -0.39 is 11.6 Å². The Morgan fingerprint density at radius 3 is 3.00 bits per heavy atom. The molecular weight excluding hydrogens is 336 g/mol. The molecule has 3 rings (SSSR count). The molecule has 1 aromatic carbocycles. The van der Waals surface area contributed by atoms with Gasteiger partial charge in [-0.05, 0) is 25.3 Å². The number of aromatic amines is 1. The number of ether oxygens (including phenoxy) is 1. The first kappa shape index (κ1) is 17.2. The summed E-state index contributed by atoms with van der Waals surface area (Å²) in [5.74, 6) is -1.19. The van der Waals surface area contributed by atoms with Crippen molar-refractivity contribution in [3.63, 3.8) is 0 Å². The summed E-state index contributed by atoms with van der Waals surface area (Å²) in [6.07, 6.45) is 2.51. The highest BCUT2D eigenvalue weighted by Gasteiger charge is 2.23. The number of nitrogens with one attached hydrogen (secondary N) is 1. The summed E-state index contributed by atoms with van der Waals surface area (Å²) in [5.41, 5.74) is 0.102. The van der Waals surface area contributed by atoms with Gasteiger partial charge in [-0.2, -0.15) is 0 Å². The molecule has 1 saturated heterocycles. The molecule has 8 heteroatoms. The quantitative estimate of drug-likeness (QED) is 0.808. The number of thioether (sulfide) groups is 1. The highest BCUT2D eigenvalue weighted by molar-refractivity contribution is 7.99. The molecular formula is C16H19F2N3O2S. The van der Waals surface area contributed by atoms with Crippen LogP contribution in [0.3, 0.4) is 0 Å². The number of rotatable bonds is 6. The summed E-state index contributed by atoms with van der Waals surface area (Å²) in [7, 11) is 0. The lowest BCUT2D eigenvalue weighted by atomic mass is 10.1. The van der Waals surface area contributed by atoms with Gasteiger partial charge < -0.3 is 4.74 Å². The fourth-order valence-electron chi connectivity index (χ4n) is 2.80. The van der Waals surface area contributed by atoms with Crippen molar-refractivity contribution in [1.29, 1.82) is 0 Å². The van der Waals surface area contributed by atoms with E-state index >= 15 is 0 Å². The molecule has 2 aromatic rings. The maximum absolute atomic E-state index is 14.1. The molecule has 1 aliphatic rings. The van der Waals surface area contributed by atoms with Gasteiger partial charge in [-0.3, -0.25) is 4.57 Å². The fraction of sp³-hybridized carbons (Fsp3) is 0.500. The van der Waals surface area contributed by atoms with Crippen LogP contribution in [0.25, 0.3) is 0 Å². The van der Waals surface area contributed by atoms with Crippen molar-refractivity contribution < 1.29 is 13.5 Å². The van der Waals surface area contributed by atoms with Crippen LogP contribution >= 0.6 is 11.8 Å². The molecule has 0 aliphatic carbocycles. The number of hydrogen-bond donors (Lipinski definition) is 1. The summed E-state index contributed by atoms with van der Waals surface area (Å²) in [6.45, 7) is 3.05. The molecule has 2 atom stereocenters. The summed E-state index contributed by atoms with van der Waals surface area (Å²) in [6, 6.07) is 3.56. The second-order valence-corrected chi connectivity index (χ2v) is 6.91. The Bertz CT molecular complexity index is 756. The van der Waals surface area contributed by atoms with Gasteiger partial charge in [-0.1, -0.05) is 24.8 Å². The van der Waals surface area contributed by atoms with Crippen LogP contribution in [-0.2, 0) is 11.3 Å². The smallest absolute Gasteiger partial charge is 0.344 e. The average Bonchev–Trinajstić information content (AvgIpc) is 3.18. The van der Waals surface area contributed by atoms with E-state index in [0.29, 0.717) is 30.3 Å². The first-order valence-corrected chi connectivity index (χ1v) is 8.85. The van der Waals surface area contributed by atoms with Crippen LogP contribution < -0.4 is 5.69 Å². The van der Waals surface area contributed by atoms with Crippen LogP contribution in [0.4, 0.5) is 8.78 Å². The molecule has 0 bridgehead atoms. The predicted molar refractivity (Wildman–Crippen MR) is 87.1 cm³/mol. The molecule has 130 valence electrons. The van der Waals surface area contributed by atoms with Crippen molar-refractivity contribution in [2.24, 2.45) is 0 Å². The fourth-order valence-corrected chi connectivity index (χ4v) is 3.93. The van der Waals surface area contributed by atoms with Crippen LogP contribution in [0.2, 0.25) is 0 Å². The van der Waals surface area contributed by atoms with Gasteiger partial charge in [-0.15, -0.1) is 5.10 Å². The van der Waals surface area contributed by atoms with Crippen molar-refractivity contribution in [3.8, 4) is 0 Å². The van der Waals surface area contributed by atoms with Gasteiger partial charge in [-0.25, -0.2) is 18.7 Å². The van der Waals surface area contributed by atoms with E-state index in [2.05, 4.69) is 10.2 Å². The Labute approximate surface area is 142 Å². The molecule has 0 unspecified atom stereocenters. The van der Waals surface area contributed by atoms with Crippen molar-refractivity contribution in [2.75, 3.05) is 6.61 Å². The van der Waals surface area contributed by atoms with Crippen LogP contribution in [0.15, 0.2) is 28.2 Å².